The number of nitrogens with one attached hydrogen (secondary N) is 2. The first-order valence-corrected chi connectivity index (χ1v) is 7.74. The van der Waals surface area contributed by atoms with Crippen molar-refractivity contribution in [2.24, 2.45) is 0 Å². The number of hydrogen-bond acceptors (Lipinski definition) is 4. The number of rotatable bonds is 5. The maximum atomic E-state index is 12.3. The second kappa shape index (κ2) is 8.38. The van der Waals surface area contributed by atoms with E-state index in [1.54, 1.807) is 32.9 Å². The molecule has 0 radical (unpaired) electrons. The average Bonchev–Trinajstić information content (AvgIpc) is 2.39. The summed E-state index contributed by atoms with van der Waals surface area (Å²) >= 11 is 11.8. The van der Waals surface area contributed by atoms with Crippen molar-refractivity contribution in [1.82, 2.24) is 5.32 Å². The van der Waals surface area contributed by atoms with Gasteiger partial charge < -0.3 is 20.5 Å². The number of anilines is 1. The molecule has 3 N–H and O–H groups in total. The Hall–Kier alpha value is -1.50. The molecule has 0 aliphatic rings. The van der Waals surface area contributed by atoms with Crippen LogP contribution in [0.25, 0.3) is 0 Å². The maximum Gasteiger partial charge on any atom is 0.408 e. The molecule has 8 heteroatoms. The minimum Gasteiger partial charge on any atom is -0.444 e. The van der Waals surface area contributed by atoms with Crippen LogP contribution in [0.4, 0.5) is 10.5 Å². The first kappa shape index (κ1) is 19.5. The quantitative estimate of drug-likeness (QED) is 0.750. The van der Waals surface area contributed by atoms with E-state index >= 15 is 0 Å². The lowest BCUT2D eigenvalue weighted by Crippen LogP contribution is -2.46. The standard InChI is InChI=1S/C15H20Cl2N2O4/c1-15(2,3)23-14(22)19-12(6-7-20)13(21)18-11-5-4-9(16)8-10(11)17/h4-5,8,12,20H,6-7H2,1-3H3,(H,18,21)(H,19,22)/t12-/m0/s1. The third-order valence-corrected chi connectivity index (χ3v) is 3.16. The molecule has 0 saturated carbocycles. The van der Waals surface area contributed by atoms with Gasteiger partial charge >= 0.3 is 6.09 Å². The maximum absolute atomic E-state index is 12.3. The van der Waals surface area contributed by atoms with Crippen molar-refractivity contribution < 1.29 is 19.4 Å². The van der Waals surface area contributed by atoms with Crippen molar-refractivity contribution in [2.45, 2.75) is 38.8 Å². The van der Waals surface area contributed by atoms with Crippen molar-refractivity contribution in [3.63, 3.8) is 0 Å². The number of carbonyl (C=O) groups excluding carboxylic acids is 2. The van der Waals surface area contributed by atoms with E-state index in [1.807, 2.05) is 0 Å². The van der Waals surface area contributed by atoms with Gasteiger partial charge in [-0.15, -0.1) is 0 Å². The number of hydrogen-bond donors (Lipinski definition) is 3. The fraction of sp³-hybridized carbons (Fsp3) is 0.467. The molecule has 0 unspecified atom stereocenters. The molecule has 6 nitrogen and oxygen atoms in total. The molecule has 0 aliphatic carbocycles. The molecular formula is C15H20Cl2N2O4. The fourth-order valence-corrected chi connectivity index (χ4v) is 2.11. The molecule has 1 aromatic rings. The highest BCUT2D eigenvalue weighted by Crippen LogP contribution is 2.25. The van der Waals surface area contributed by atoms with Gasteiger partial charge in [0, 0.05) is 11.6 Å². The van der Waals surface area contributed by atoms with Crippen LogP contribution in [-0.2, 0) is 9.53 Å². The molecular weight excluding hydrogens is 343 g/mol. The molecule has 1 aromatic carbocycles. The summed E-state index contributed by atoms with van der Waals surface area (Å²) < 4.78 is 5.10. The Morgan fingerprint density at radius 3 is 2.48 bits per heavy atom. The van der Waals surface area contributed by atoms with Crippen LogP contribution < -0.4 is 10.6 Å². The highest BCUT2D eigenvalue weighted by atomic mass is 35.5. The highest BCUT2D eigenvalue weighted by Gasteiger charge is 2.24. The molecule has 0 aromatic heterocycles. The van der Waals surface area contributed by atoms with Crippen molar-refractivity contribution in [2.75, 3.05) is 11.9 Å². The molecule has 0 aliphatic heterocycles. The molecule has 0 heterocycles. The average molecular weight is 363 g/mol. The zero-order valence-corrected chi connectivity index (χ0v) is 14.7. The Kier molecular flexibility index (Phi) is 7.12. The summed E-state index contributed by atoms with van der Waals surface area (Å²) in [6.07, 6.45) is -0.704. The SMILES string of the molecule is CC(C)(C)OC(=O)N[C@@H](CCO)C(=O)Nc1ccc(Cl)cc1Cl. The Balaban J connectivity index is 2.76. The molecule has 1 rings (SSSR count). The minimum absolute atomic E-state index is 0.0380. The van der Waals surface area contributed by atoms with E-state index in [2.05, 4.69) is 10.6 Å². The van der Waals surface area contributed by atoms with Gasteiger partial charge in [0.15, 0.2) is 0 Å². The van der Waals surface area contributed by atoms with Gasteiger partial charge in [-0.05, 0) is 45.4 Å². The van der Waals surface area contributed by atoms with Crippen LogP contribution in [0.15, 0.2) is 18.2 Å². The number of halogens is 2. The first-order chi connectivity index (χ1) is 10.6. The first-order valence-electron chi connectivity index (χ1n) is 6.98. The van der Waals surface area contributed by atoms with Crippen molar-refractivity contribution in [3.8, 4) is 0 Å². The predicted octanol–water partition coefficient (Wildman–Crippen LogP) is 3.21. The fourth-order valence-electron chi connectivity index (χ4n) is 1.66. The van der Waals surface area contributed by atoms with Gasteiger partial charge in [-0.25, -0.2) is 4.79 Å². The van der Waals surface area contributed by atoms with E-state index in [0.717, 1.165) is 0 Å². The summed E-state index contributed by atoms with van der Waals surface area (Å²) in [4.78, 5) is 24.0. The molecule has 128 valence electrons. The lowest BCUT2D eigenvalue weighted by molar-refractivity contribution is -0.118. The van der Waals surface area contributed by atoms with Gasteiger partial charge in [0.25, 0.3) is 0 Å². The lowest BCUT2D eigenvalue weighted by Gasteiger charge is -2.23. The smallest absolute Gasteiger partial charge is 0.408 e. The van der Waals surface area contributed by atoms with E-state index in [-0.39, 0.29) is 18.1 Å². The number of ether oxygens (including phenoxy) is 1. The van der Waals surface area contributed by atoms with Crippen LogP contribution in [0.2, 0.25) is 10.0 Å². The zero-order valence-electron chi connectivity index (χ0n) is 13.2. The molecule has 0 bridgehead atoms. The topological polar surface area (TPSA) is 87.7 Å². The monoisotopic (exact) mass is 362 g/mol. The Labute approximate surface area is 145 Å². The molecule has 1 atom stereocenters. The summed E-state index contributed by atoms with van der Waals surface area (Å²) in [5.41, 5.74) is -0.334. The third kappa shape index (κ3) is 7.07. The van der Waals surface area contributed by atoms with Crippen molar-refractivity contribution >= 4 is 40.9 Å². The second-order valence-corrected chi connectivity index (χ2v) is 6.67. The van der Waals surface area contributed by atoms with Crippen LogP contribution in [0.3, 0.4) is 0 Å². The second-order valence-electron chi connectivity index (χ2n) is 5.82. The summed E-state index contributed by atoms with van der Waals surface area (Å²) in [6.45, 7) is 4.85. The molecule has 0 fully saturated rings. The van der Waals surface area contributed by atoms with Gasteiger partial charge in [-0.3, -0.25) is 4.79 Å². The molecule has 23 heavy (non-hydrogen) atoms. The predicted molar refractivity (Wildman–Crippen MR) is 90.0 cm³/mol. The van der Waals surface area contributed by atoms with Crippen LogP contribution in [0, 0.1) is 0 Å². The number of alkyl carbamates (subject to hydrolysis) is 1. The van der Waals surface area contributed by atoms with E-state index in [9.17, 15) is 9.59 Å². The largest absolute Gasteiger partial charge is 0.444 e. The van der Waals surface area contributed by atoms with Crippen molar-refractivity contribution in [3.05, 3.63) is 28.2 Å². The van der Waals surface area contributed by atoms with E-state index in [0.29, 0.717) is 10.7 Å². The van der Waals surface area contributed by atoms with Gasteiger partial charge in [-0.2, -0.15) is 0 Å². The summed E-state index contributed by atoms with van der Waals surface area (Å²) in [6, 6.07) is 3.65. The summed E-state index contributed by atoms with van der Waals surface area (Å²) in [5.74, 6) is -0.519. The number of benzene rings is 1. The van der Waals surface area contributed by atoms with Crippen LogP contribution in [-0.4, -0.2) is 35.4 Å². The lowest BCUT2D eigenvalue weighted by atomic mass is 10.2. The number of aliphatic hydroxyl groups is 1. The van der Waals surface area contributed by atoms with Crippen molar-refractivity contribution in [1.29, 1.82) is 0 Å². The normalized spacial score (nSPS) is 12.4. The van der Waals surface area contributed by atoms with E-state index in [1.165, 1.54) is 6.07 Å². The van der Waals surface area contributed by atoms with Gasteiger partial charge in [-0.1, -0.05) is 23.2 Å². The number of aliphatic hydroxyl groups excluding tert-OH is 1. The summed E-state index contributed by atoms with van der Waals surface area (Å²) in [7, 11) is 0. The Bertz CT molecular complexity index is 573. The van der Waals surface area contributed by atoms with E-state index < -0.39 is 23.6 Å². The molecule has 0 saturated heterocycles. The minimum atomic E-state index is -0.957. The van der Waals surface area contributed by atoms with Crippen LogP contribution in [0.1, 0.15) is 27.2 Å². The highest BCUT2D eigenvalue weighted by molar-refractivity contribution is 6.36. The van der Waals surface area contributed by atoms with E-state index in [4.69, 9.17) is 33.0 Å². The van der Waals surface area contributed by atoms with Gasteiger partial charge in [0.05, 0.1) is 10.7 Å². The molecule has 2 amide bonds. The third-order valence-electron chi connectivity index (χ3n) is 2.61. The number of carbonyl (C=O) groups is 2. The van der Waals surface area contributed by atoms with Gasteiger partial charge in [0.2, 0.25) is 5.91 Å². The van der Waals surface area contributed by atoms with Crippen LogP contribution in [0.5, 0.6) is 0 Å². The summed E-state index contributed by atoms with van der Waals surface area (Å²) in [5, 5.41) is 14.8. The van der Waals surface area contributed by atoms with Gasteiger partial charge in [0.1, 0.15) is 11.6 Å². The Morgan fingerprint density at radius 2 is 1.96 bits per heavy atom. The zero-order chi connectivity index (χ0) is 17.6. The number of amides is 2. The Morgan fingerprint density at radius 1 is 1.30 bits per heavy atom. The van der Waals surface area contributed by atoms with Crippen LogP contribution >= 0.6 is 23.2 Å². The molecule has 0 spiro atoms.